The molecular formula is C14H20BrN. The van der Waals surface area contributed by atoms with Gasteiger partial charge in [-0.2, -0.15) is 0 Å². The molecule has 0 bridgehead atoms. The summed E-state index contributed by atoms with van der Waals surface area (Å²) in [6, 6.07) is 9.18. The van der Waals surface area contributed by atoms with E-state index in [1.165, 1.54) is 18.5 Å². The van der Waals surface area contributed by atoms with Crippen molar-refractivity contribution >= 4 is 15.9 Å². The third-order valence-corrected chi connectivity index (χ3v) is 4.11. The van der Waals surface area contributed by atoms with Crippen molar-refractivity contribution in [2.24, 2.45) is 11.8 Å². The number of hydrogen-bond acceptors (Lipinski definition) is 1. The summed E-state index contributed by atoms with van der Waals surface area (Å²) >= 11 is 3.48. The molecule has 1 N–H and O–H groups in total. The van der Waals surface area contributed by atoms with Gasteiger partial charge in [0.2, 0.25) is 0 Å². The minimum atomic E-state index is 0.515. The zero-order chi connectivity index (χ0) is 11.5. The van der Waals surface area contributed by atoms with Crippen molar-refractivity contribution in [2.45, 2.75) is 32.7 Å². The Morgan fingerprint density at radius 3 is 2.50 bits per heavy atom. The molecule has 1 saturated carbocycles. The molecule has 0 spiro atoms. The second-order valence-electron chi connectivity index (χ2n) is 4.89. The van der Waals surface area contributed by atoms with Crippen LogP contribution in [-0.2, 0) is 0 Å². The van der Waals surface area contributed by atoms with Crippen LogP contribution >= 0.6 is 15.9 Å². The highest BCUT2D eigenvalue weighted by Crippen LogP contribution is 2.37. The van der Waals surface area contributed by atoms with Crippen molar-refractivity contribution in [3.05, 3.63) is 34.3 Å². The van der Waals surface area contributed by atoms with Gasteiger partial charge >= 0.3 is 0 Å². The summed E-state index contributed by atoms with van der Waals surface area (Å²) < 4.78 is 1.15. The summed E-state index contributed by atoms with van der Waals surface area (Å²) in [5.41, 5.74) is 1.40. The lowest BCUT2D eigenvalue weighted by molar-refractivity contribution is 0.493. The molecule has 16 heavy (non-hydrogen) atoms. The first kappa shape index (κ1) is 12.1. The third-order valence-electron chi connectivity index (χ3n) is 3.58. The highest BCUT2D eigenvalue weighted by atomic mass is 79.9. The maximum absolute atomic E-state index is 3.68. The Hall–Kier alpha value is -0.340. The first-order valence-corrected chi connectivity index (χ1v) is 6.99. The quantitative estimate of drug-likeness (QED) is 0.855. The van der Waals surface area contributed by atoms with Crippen LogP contribution in [0.2, 0.25) is 0 Å². The van der Waals surface area contributed by atoms with Crippen LogP contribution in [-0.4, -0.2) is 6.54 Å². The Labute approximate surface area is 107 Å². The van der Waals surface area contributed by atoms with Gasteiger partial charge in [0.25, 0.3) is 0 Å². The van der Waals surface area contributed by atoms with E-state index in [1.54, 1.807) is 0 Å². The summed E-state index contributed by atoms with van der Waals surface area (Å²) in [4.78, 5) is 0. The van der Waals surface area contributed by atoms with Gasteiger partial charge in [0.1, 0.15) is 0 Å². The highest BCUT2D eigenvalue weighted by Gasteiger charge is 2.32. The van der Waals surface area contributed by atoms with E-state index >= 15 is 0 Å². The van der Waals surface area contributed by atoms with Gasteiger partial charge in [0.05, 0.1) is 0 Å². The molecule has 1 nitrogen and oxygen atoms in total. The molecule has 0 heterocycles. The summed E-state index contributed by atoms with van der Waals surface area (Å²) in [6.07, 6.45) is 2.56. The van der Waals surface area contributed by atoms with E-state index in [2.05, 4.69) is 59.4 Å². The van der Waals surface area contributed by atoms with E-state index in [4.69, 9.17) is 0 Å². The molecule has 2 rings (SSSR count). The standard InChI is InChI=1S/C14H20BrN/c1-3-14(16-9-12-8-10(12)2)11-4-6-13(15)7-5-11/h4-7,10,12,14,16H,3,8-9H2,1-2H3. The highest BCUT2D eigenvalue weighted by molar-refractivity contribution is 9.10. The van der Waals surface area contributed by atoms with E-state index in [1.807, 2.05) is 0 Å². The second-order valence-corrected chi connectivity index (χ2v) is 5.81. The maximum Gasteiger partial charge on any atom is 0.0317 e. The molecule has 1 aliphatic carbocycles. The van der Waals surface area contributed by atoms with E-state index < -0.39 is 0 Å². The lowest BCUT2D eigenvalue weighted by Crippen LogP contribution is -2.23. The van der Waals surface area contributed by atoms with E-state index in [0.717, 1.165) is 22.7 Å². The van der Waals surface area contributed by atoms with Crippen LogP contribution < -0.4 is 5.32 Å². The number of hydrogen-bond donors (Lipinski definition) is 1. The topological polar surface area (TPSA) is 12.0 Å². The zero-order valence-electron chi connectivity index (χ0n) is 10.0. The van der Waals surface area contributed by atoms with Crippen molar-refractivity contribution in [2.75, 3.05) is 6.54 Å². The predicted octanol–water partition coefficient (Wildman–Crippen LogP) is 4.15. The van der Waals surface area contributed by atoms with Crippen molar-refractivity contribution in [3.63, 3.8) is 0 Å². The largest absolute Gasteiger partial charge is 0.310 e. The number of nitrogens with one attached hydrogen (secondary N) is 1. The molecule has 1 aromatic carbocycles. The van der Waals surface area contributed by atoms with Crippen LogP contribution in [0, 0.1) is 11.8 Å². The minimum absolute atomic E-state index is 0.515. The van der Waals surface area contributed by atoms with E-state index in [0.29, 0.717) is 6.04 Å². The second kappa shape index (κ2) is 5.33. The van der Waals surface area contributed by atoms with Gasteiger partial charge in [-0.15, -0.1) is 0 Å². The Morgan fingerprint density at radius 2 is 2.00 bits per heavy atom. The molecule has 1 aliphatic rings. The lowest BCUT2D eigenvalue weighted by Gasteiger charge is -2.17. The zero-order valence-corrected chi connectivity index (χ0v) is 11.6. The number of rotatable bonds is 5. The fraction of sp³-hybridized carbons (Fsp3) is 0.571. The van der Waals surface area contributed by atoms with Gasteiger partial charge in [-0.25, -0.2) is 0 Å². The minimum Gasteiger partial charge on any atom is -0.310 e. The number of halogens is 1. The third kappa shape index (κ3) is 3.08. The molecule has 0 radical (unpaired) electrons. The predicted molar refractivity (Wildman–Crippen MR) is 72.4 cm³/mol. The summed E-state index contributed by atoms with van der Waals surface area (Å²) in [7, 11) is 0. The van der Waals surface area contributed by atoms with E-state index in [-0.39, 0.29) is 0 Å². The van der Waals surface area contributed by atoms with Gasteiger partial charge in [-0.1, -0.05) is 41.9 Å². The van der Waals surface area contributed by atoms with Crippen LogP contribution in [0.4, 0.5) is 0 Å². The van der Waals surface area contributed by atoms with Crippen LogP contribution in [0.3, 0.4) is 0 Å². The fourth-order valence-electron chi connectivity index (χ4n) is 2.17. The van der Waals surface area contributed by atoms with Crippen molar-refractivity contribution < 1.29 is 0 Å². The van der Waals surface area contributed by atoms with Gasteiger partial charge in [0.15, 0.2) is 0 Å². The summed E-state index contributed by atoms with van der Waals surface area (Å²) in [5.74, 6) is 1.86. The Kier molecular flexibility index (Phi) is 4.04. The molecule has 0 saturated heterocycles. The molecule has 3 atom stereocenters. The SMILES string of the molecule is CCC(NCC1CC1C)c1ccc(Br)cc1. The van der Waals surface area contributed by atoms with Crippen molar-refractivity contribution in [1.82, 2.24) is 5.32 Å². The van der Waals surface area contributed by atoms with Crippen LogP contribution in [0.1, 0.15) is 38.3 Å². The molecule has 2 heteroatoms. The first-order chi connectivity index (χ1) is 7.70. The number of benzene rings is 1. The fourth-order valence-corrected chi connectivity index (χ4v) is 2.43. The van der Waals surface area contributed by atoms with Gasteiger partial charge in [-0.05, 0) is 48.9 Å². The smallest absolute Gasteiger partial charge is 0.0317 e. The summed E-state index contributed by atoms with van der Waals surface area (Å²) in [5, 5.41) is 3.68. The first-order valence-electron chi connectivity index (χ1n) is 6.19. The molecule has 88 valence electrons. The molecule has 0 aliphatic heterocycles. The van der Waals surface area contributed by atoms with Crippen molar-refractivity contribution in [3.8, 4) is 0 Å². The Morgan fingerprint density at radius 1 is 1.38 bits per heavy atom. The molecule has 0 aromatic heterocycles. The Balaban J connectivity index is 1.90. The van der Waals surface area contributed by atoms with Crippen LogP contribution in [0.15, 0.2) is 28.7 Å². The van der Waals surface area contributed by atoms with Crippen LogP contribution in [0.25, 0.3) is 0 Å². The van der Waals surface area contributed by atoms with Gasteiger partial charge < -0.3 is 5.32 Å². The molecule has 3 unspecified atom stereocenters. The van der Waals surface area contributed by atoms with Gasteiger partial charge in [0, 0.05) is 10.5 Å². The molecular weight excluding hydrogens is 262 g/mol. The maximum atomic E-state index is 3.68. The van der Waals surface area contributed by atoms with Crippen molar-refractivity contribution in [1.29, 1.82) is 0 Å². The van der Waals surface area contributed by atoms with E-state index in [9.17, 15) is 0 Å². The lowest BCUT2D eigenvalue weighted by atomic mass is 10.0. The van der Waals surface area contributed by atoms with Crippen LogP contribution in [0.5, 0.6) is 0 Å². The monoisotopic (exact) mass is 281 g/mol. The normalized spacial score (nSPS) is 25.4. The average Bonchev–Trinajstić information content (AvgIpc) is 2.98. The van der Waals surface area contributed by atoms with Gasteiger partial charge in [-0.3, -0.25) is 0 Å². The summed E-state index contributed by atoms with van der Waals surface area (Å²) in [6.45, 7) is 5.76. The molecule has 1 fully saturated rings. The molecule has 1 aromatic rings. The Bertz CT molecular complexity index is 333. The average molecular weight is 282 g/mol. The molecule has 0 amide bonds.